The molecule has 0 aliphatic rings. The van der Waals surface area contributed by atoms with Gasteiger partial charge in [-0.2, -0.15) is 0 Å². The molecule has 0 amide bonds. The van der Waals surface area contributed by atoms with Gasteiger partial charge in [0.05, 0.1) is 27.9 Å². The average Bonchev–Trinajstić information content (AvgIpc) is 3.25. The molecule has 6 nitrogen and oxygen atoms in total. The smallest absolute Gasteiger partial charge is 0.195 e. The second-order valence-corrected chi connectivity index (χ2v) is 7.15. The molecular formula is C22H26IN3O3S. The molecule has 2 aromatic carbocycles. The highest BCUT2D eigenvalue weighted by atomic mass is 127. The van der Waals surface area contributed by atoms with Gasteiger partial charge in [-0.3, -0.25) is 4.99 Å². The van der Waals surface area contributed by atoms with Crippen LogP contribution in [0, 0.1) is 0 Å². The van der Waals surface area contributed by atoms with Gasteiger partial charge >= 0.3 is 0 Å². The number of nitrogens with zero attached hydrogens (tertiary/aromatic N) is 1. The van der Waals surface area contributed by atoms with E-state index in [0.717, 1.165) is 11.4 Å². The van der Waals surface area contributed by atoms with Crippen LogP contribution < -0.4 is 24.8 Å². The maximum Gasteiger partial charge on any atom is 0.195 e. The van der Waals surface area contributed by atoms with Crippen molar-refractivity contribution < 1.29 is 14.2 Å². The fraction of sp³-hybridized carbons (Fsp3) is 0.227. The molecule has 0 saturated heterocycles. The highest BCUT2D eigenvalue weighted by Crippen LogP contribution is 2.30. The third-order valence-corrected chi connectivity index (χ3v) is 5.31. The second kappa shape index (κ2) is 11.7. The van der Waals surface area contributed by atoms with Crippen molar-refractivity contribution >= 4 is 47.0 Å². The first-order valence-electron chi connectivity index (χ1n) is 9.08. The number of anilines is 1. The van der Waals surface area contributed by atoms with Crippen LogP contribution in [0.3, 0.4) is 0 Å². The average molecular weight is 539 g/mol. The number of nitrogens with one attached hydrogen (secondary N) is 2. The lowest BCUT2D eigenvalue weighted by atomic mass is 10.1. The molecule has 0 saturated carbocycles. The Morgan fingerprint density at radius 2 is 1.63 bits per heavy atom. The third kappa shape index (κ3) is 6.02. The number of rotatable bonds is 7. The summed E-state index contributed by atoms with van der Waals surface area (Å²) in [6.45, 7) is 0.674. The molecule has 0 unspecified atom stereocenters. The molecule has 0 bridgehead atoms. The summed E-state index contributed by atoms with van der Waals surface area (Å²) >= 11 is 1.71. The highest BCUT2D eigenvalue weighted by molar-refractivity contribution is 14.0. The number of guanidine groups is 1. The van der Waals surface area contributed by atoms with E-state index < -0.39 is 0 Å². The first-order chi connectivity index (χ1) is 14.2. The minimum Gasteiger partial charge on any atom is -0.497 e. The molecule has 0 radical (unpaired) electrons. The molecule has 160 valence electrons. The summed E-state index contributed by atoms with van der Waals surface area (Å²) in [4.78, 5) is 5.51. The van der Waals surface area contributed by atoms with Gasteiger partial charge < -0.3 is 24.8 Å². The molecule has 1 heterocycles. The van der Waals surface area contributed by atoms with Crippen molar-refractivity contribution in [2.45, 2.75) is 6.54 Å². The van der Waals surface area contributed by atoms with Crippen LogP contribution in [0.25, 0.3) is 11.1 Å². The van der Waals surface area contributed by atoms with Gasteiger partial charge in [0, 0.05) is 23.7 Å². The van der Waals surface area contributed by atoms with E-state index in [-0.39, 0.29) is 24.0 Å². The van der Waals surface area contributed by atoms with Crippen LogP contribution in [0.4, 0.5) is 5.69 Å². The van der Waals surface area contributed by atoms with Gasteiger partial charge in [0.2, 0.25) is 0 Å². The summed E-state index contributed by atoms with van der Waals surface area (Å²) in [7, 11) is 6.65. The van der Waals surface area contributed by atoms with Crippen molar-refractivity contribution in [1.82, 2.24) is 5.32 Å². The fourth-order valence-electron chi connectivity index (χ4n) is 2.81. The van der Waals surface area contributed by atoms with E-state index in [9.17, 15) is 0 Å². The largest absolute Gasteiger partial charge is 0.497 e. The minimum atomic E-state index is 0. The Morgan fingerprint density at radius 3 is 2.27 bits per heavy atom. The van der Waals surface area contributed by atoms with Gasteiger partial charge in [-0.1, -0.05) is 12.1 Å². The Hall–Kier alpha value is -2.46. The zero-order valence-electron chi connectivity index (χ0n) is 17.4. The molecule has 0 aliphatic carbocycles. The summed E-state index contributed by atoms with van der Waals surface area (Å²) < 4.78 is 15.8. The van der Waals surface area contributed by atoms with Crippen LogP contribution >= 0.6 is 35.3 Å². The van der Waals surface area contributed by atoms with Crippen molar-refractivity contribution in [3.8, 4) is 28.4 Å². The molecule has 0 atom stereocenters. The molecule has 3 rings (SSSR count). The number of methoxy groups -OCH3 is 3. The number of ether oxygens (including phenoxy) is 3. The van der Waals surface area contributed by atoms with Crippen molar-refractivity contribution in [2.75, 3.05) is 33.7 Å². The number of hydrogen-bond acceptors (Lipinski definition) is 5. The van der Waals surface area contributed by atoms with Crippen LogP contribution in [0.1, 0.15) is 4.88 Å². The number of aliphatic imine (C=N–C) groups is 1. The van der Waals surface area contributed by atoms with Crippen LogP contribution in [0.5, 0.6) is 17.2 Å². The van der Waals surface area contributed by atoms with E-state index in [0.29, 0.717) is 24.0 Å². The minimum absolute atomic E-state index is 0. The third-order valence-electron chi connectivity index (χ3n) is 4.38. The standard InChI is InChI=1S/C22H25N3O3S.HI/c1-23-22(25-17-7-10-20(27-3)21(12-17)28-4)24-13-19-11-16(14-29-19)15-5-8-18(26-2)9-6-15;/h5-12,14H,13H2,1-4H3,(H2,23,24,25);1H. The second-order valence-electron chi connectivity index (χ2n) is 6.15. The zero-order valence-corrected chi connectivity index (χ0v) is 20.5. The van der Waals surface area contributed by atoms with Gasteiger partial charge in [-0.15, -0.1) is 35.3 Å². The summed E-state index contributed by atoms with van der Waals surface area (Å²) in [5.41, 5.74) is 3.22. The summed E-state index contributed by atoms with van der Waals surface area (Å²) in [5, 5.41) is 8.77. The molecule has 30 heavy (non-hydrogen) atoms. The van der Waals surface area contributed by atoms with Crippen molar-refractivity contribution in [2.24, 2.45) is 4.99 Å². The number of hydrogen-bond donors (Lipinski definition) is 2. The van der Waals surface area contributed by atoms with E-state index in [4.69, 9.17) is 14.2 Å². The Kier molecular flexibility index (Phi) is 9.25. The van der Waals surface area contributed by atoms with E-state index in [1.807, 2.05) is 30.3 Å². The maximum atomic E-state index is 5.35. The van der Waals surface area contributed by atoms with Gasteiger partial charge in [-0.25, -0.2) is 0 Å². The Labute approximate surface area is 198 Å². The molecule has 2 N–H and O–H groups in total. The number of thiophene rings is 1. The van der Waals surface area contributed by atoms with Gasteiger partial charge in [0.25, 0.3) is 0 Å². The Bertz CT molecular complexity index is 974. The molecule has 0 spiro atoms. The normalized spacial score (nSPS) is 10.7. The van der Waals surface area contributed by atoms with Crippen LogP contribution in [-0.4, -0.2) is 34.3 Å². The fourth-order valence-corrected chi connectivity index (χ4v) is 3.64. The summed E-state index contributed by atoms with van der Waals surface area (Å²) in [6, 6.07) is 15.9. The Morgan fingerprint density at radius 1 is 0.900 bits per heavy atom. The quantitative estimate of drug-likeness (QED) is 0.244. The lowest BCUT2D eigenvalue weighted by Gasteiger charge is -2.13. The summed E-state index contributed by atoms with van der Waals surface area (Å²) in [5.74, 6) is 2.88. The van der Waals surface area contributed by atoms with Crippen molar-refractivity contribution in [3.63, 3.8) is 0 Å². The van der Waals surface area contributed by atoms with Crippen molar-refractivity contribution in [1.29, 1.82) is 0 Å². The number of halogens is 1. The van der Waals surface area contributed by atoms with E-state index >= 15 is 0 Å². The van der Waals surface area contributed by atoms with Crippen LogP contribution in [0.15, 0.2) is 58.9 Å². The Balaban J connectivity index is 0.00000320. The predicted molar refractivity (Wildman–Crippen MR) is 135 cm³/mol. The van der Waals surface area contributed by atoms with Gasteiger partial charge in [0.1, 0.15) is 5.75 Å². The zero-order chi connectivity index (χ0) is 20.6. The lowest BCUT2D eigenvalue weighted by molar-refractivity contribution is 0.355. The monoisotopic (exact) mass is 539 g/mol. The van der Waals surface area contributed by atoms with Gasteiger partial charge in [0.15, 0.2) is 17.5 Å². The molecule has 8 heteroatoms. The molecule has 0 fully saturated rings. The highest BCUT2D eigenvalue weighted by Gasteiger charge is 2.08. The maximum absolute atomic E-state index is 5.35. The molecule has 0 aliphatic heterocycles. The van der Waals surface area contributed by atoms with Crippen LogP contribution in [0.2, 0.25) is 0 Å². The molecule has 3 aromatic rings. The SMILES string of the molecule is CN=C(NCc1cc(-c2ccc(OC)cc2)cs1)Nc1ccc(OC)c(OC)c1.I. The predicted octanol–water partition coefficient (Wildman–Crippen LogP) is 5.25. The van der Waals surface area contributed by atoms with E-state index in [1.165, 1.54) is 16.0 Å². The molecule has 1 aromatic heterocycles. The molecular weight excluding hydrogens is 513 g/mol. The lowest BCUT2D eigenvalue weighted by Crippen LogP contribution is -2.29. The first-order valence-corrected chi connectivity index (χ1v) is 9.96. The van der Waals surface area contributed by atoms with Crippen molar-refractivity contribution in [3.05, 3.63) is 58.8 Å². The first kappa shape index (κ1) is 23.8. The van der Waals surface area contributed by atoms with E-state index in [1.54, 1.807) is 39.7 Å². The number of benzene rings is 2. The van der Waals surface area contributed by atoms with Gasteiger partial charge in [-0.05, 0) is 46.8 Å². The summed E-state index contributed by atoms with van der Waals surface area (Å²) in [6.07, 6.45) is 0. The topological polar surface area (TPSA) is 64.1 Å². The van der Waals surface area contributed by atoms with E-state index in [2.05, 4.69) is 39.2 Å². The van der Waals surface area contributed by atoms with Crippen LogP contribution in [-0.2, 0) is 6.54 Å².